The van der Waals surface area contributed by atoms with Gasteiger partial charge in [-0.05, 0) is 38.8 Å². The van der Waals surface area contributed by atoms with E-state index in [0.29, 0.717) is 0 Å². The van der Waals surface area contributed by atoms with Gasteiger partial charge >= 0.3 is 21.7 Å². The first-order valence-corrected chi connectivity index (χ1v) is 9.58. The van der Waals surface area contributed by atoms with Crippen molar-refractivity contribution in [1.29, 1.82) is 0 Å². The van der Waals surface area contributed by atoms with Crippen LogP contribution in [0.15, 0.2) is 53.1 Å². The molecule has 0 N–H and O–H groups in total. The Balaban J connectivity index is 0. The number of benzene rings is 2. The zero-order chi connectivity index (χ0) is 19.2. The summed E-state index contributed by atoms with van der Waals surface area (Å²) in [6.07, 6.45) is 3.85. The van der Waals surface area contributed by atoms with Crippen LogP contribution in [0.3, 0.4) is 0 Å². The van der Waals surface area contributed by atoms with Crippen LogP contribution in [0.25, 0.3) is 0 Å². The molecule has 0 saturated heterocycles. The molecule has 0 heterocycles. The Bertz CT molecular complexity index is 851. The molecule has 0 saturated carbocycles. The van der Waals surface area contributed by atoms with Gasteiger partial charge in [0.25, 0.3) is 0 Å². The van der Waals surface area contributed by atoms with Gasteiger partial charge in [0.2, 0.25) is 0 Å². The molecule has 4 heteroatoms. The molecule has 1 aliphatic carbocycles. The molecule has 1 atom stereocenters. The number of hydrogen-bond donors (Lipinski definition) is 0. The molecule has 2 aromatic carbocycles. The summed E-state index contributed by atoms with van der Waals surface area (Å²) >= 11 is 0. The van der Waals surface area contributed by atoms with Gasteiger partial charge < -0.3 is 37.2 Å². The van der Waals surface area contributed by atoms with Crippen LogP contribution in [0.1, 0.15) is 67.0 Å². The Morgan fingerprint density at radius 1 is 0.633 bits per heavy atom. The van der Waals surface area contributed by atoms with Gasteiger partial charge in [-0.15, -0.1) is 6.92 Å². The van der Waals surface area contributed by atoms with E-state index in [2.05, 4.69) is 97.9 Å². The summed E-state index contributed by atoms with van der Waals surface area (Å²) in [7, 11) is 0. The minimum atomic E-state index is -0.116. The molecule has 1 aliphatic rings. The zero-order valence-electron chi connectivity index (χ0n) is 19.2. The Kier molecular flexibility index (Phi) is 12.6. The second-order valence-corrected chi connectivity index (χ2v) is 8.48. The van der Waals surface area contributed by atoms with Gasteiger partial charge in [-0.1, -0.05) is 84.8 Å². The molecule has 1 unspecified atom stereocenters. The quantitative estimate of drug-likeness (QED) is 0.346. The van der Waals surface area contributed by atoms with Crippen LogP contribution in [0.2, 0.25) is 0 Å². The van der Waals surface area contributed by atoms with Crippen LogP contribution in [-0.2, 0) is 21.7 Å². The first-order valence-electron chi connectivity index (χ1n) is 9.58. The van der Waals surface area contributed by atoms with Crippen LogP contribution in [0.4, 0.5) is 0 Å². The predicted molar refractivity (Wildman–Crippen MR) is 113 cm³/mol. The van der Waals surface area contributed by atoms with E-state index in [9.17, 15) is 0 Å². The Morgan fingerprint density at radius 3 is 1.23 bits per heavy atom. The van der Waals surface area contributed by atoms with E-state index < -0.39 is 0 Å². The summed E-state index contributed by atoms with van der Waals surface area (Å²) < 4.78 is 0. The van der Waals surface area contributed by atoms with Crippen LogP contribution in [-0.4, -0.2) is 0 Å². The Labute approximate surface area is 217 Å². The predicted octanol–water partition coefficient (Wildman–Crippen LogP) is -1.83. The summed E-state index contributed by atoms with van der Waals surface area (Å²) in [4.78, 5) is 0. The van der Waals surface area contributed by atoms with Crippen LogP contribution in [0, 0.1) is 39.2 Å². The largest absolute Gasteiger partial charge is 4.00 e. The monoisotopic (exact) mass is 496 g/mol. The van der Waals surface area contributed by atoms with Gasteiger partial charge in [0, 0.05) is 5.92 Å². The standard InChI is InChI=1S/C26H31.3ClH.Ti/c1-16-9-17(2)12-23(11-16)25(24-13-18(3)10-19(4)14-24)26(8)15-20(5)21(6)22(26)7;;;;/h9-14,25H,1-8H3;3*1H;/q-1;;;;+4/p-3. The van der Waals surface area contributed by atoms with Crippen LogP contribution >= 0.6 is 0 Å². The molecule has 0 nitrogen and oxygen atoms in total. The normalized spacial score (nSPS) is 17.4. The minimum absolute atomic E-state index is 0. The van der Waals surface area contributed by atoms with E-state index in [1.807, 2.05) is 0 Å². The first kappa shape index (κ1) is 31.7. The SMILES string of the molecule is CC1=[C-]C(C)(C(c2cc(C)cc(C)c2)c2cc(C)cc(C)c2)C(C)=C1C.[Cl-].[Cl-].[Cl-].[Ti+4]. The van der Waals surface area contributed by atoms with Crippen LogP contribution < -0.4 is 37.2 Å². The van der Waals surface area contributed by atoms with E-state index in [4.69, 9.17) is 0 Å². The molecule has 3 rings (SSSR count). The molecule has 0 radical (unpaired) electrons. The number of aryl methyl sites for hydroxylation is 4. The fraction of sp³-hybridized carbons (Fsp3) is 0.385. The maximum absolute atomic E-state index is 3.85. The maximum Gasteiger partial charge on any atom is 4.00 e. The van der Waals surface area contributed by atoms with Gasteiger partial charge in [0.1, 0.15) is 0 Å². The topological polar surface area (TPSA) is 0 Å². The van der Waals surface area contributed by atoms with Gasteiger partial charge in [-0.25, -0.2) is 5.57 Å². The number of hydrogen-bond acceptors (Lipinski definition) is 0. The second kappa shape index (κ2) is 11.9. The van der Waals surface area contributed by atoms with Crippen molar-refractivity contribution in [3.05, 3.63) is 92.6 Å². The fourth-order valence-electron chi connectivity index (χ4n) is 4.75. The molecule has 2 aromatic rings. The van der Waals surface area contributed by atoms with Gasteiger partial charge in [0.15, 0.2) is 0 Å². The van der Waals surface area contributed by atoms with Crippen molar-refractivity contribution in [2.45, 2.75) is 61.3 Å². The van der Waals surface area contributed by atoms with Gasteiger partial charge in [-0.3, -0.25) is 6.08 Å². The third kappa shape index (κ3) is 6.05. The molecular formula is C26H31Cl3Ti. The second-order valence-electron chi connectivity index (χ2n) is 8.48. The van der Waals surface area contributed by atoms with E-state index in [1.165, 1.54) is 50.1 Å². The maximum atomic E-state index is 3.85. The Morgan fingerprint density at radius 2 is 0.967 bits per heavy atom. The molecule has 0 spiro atoms. The Hall–Kier alpha value is -0.496. The van der Waals surface area contributed by atoms with E-state index in [0.717, 1.165) is 0 Å². The van der Waals surface area contributed by atoms with E-state index in [1.54, 1.807) is 0 Å². The summed E-state index contributed by atoms with van der Waals surface area (Å²) in [5, 5.41) is 0. The average Bonchev–Trinajstić information content (AvgIpc) is 2.69. The smallest absolute Gasteiger partial charge is 1.00 e. The number of halogens is 3. The molecule has 0 amide bonds. The fourth-order valence-corrected chi connectivity index (χ4v) is 4.75. The van der Waals surface area contributed by atoms with Crippen molar-refractivity contribution >= 4 is 0 Å². The van der Waals surface area contributed by atoms with Gasteiger partial charge in [-0.2, -0.15) is 11.1 Å². The average molecular weight is 498 g/mol. The van der Waals surface area contributed by atoms with E-state index >= 15 is 0 Å². The molecule has 160 valence electrons. The van der Waals surface area contributed by atoms with Crippen molar-refractivity contribution in [1.82, 2.24) is 0 Å². The molecule has 30 heavy (non-hydrogen) atoms. The number of allylic oxidation sites excluding steroid dienone is 4. The van der Waals surface area contributed by atoms with Crippen molar-refractivity contribution in [3.63, 3.8) is 0 Å². The van der Waals surface area contributed by atoms with Crippen molar-refractivity contribution in [3.8, 4) is 0 Å². The minimum Gasteiger partial charge on any atom is -1.00 e. The van der Waals surface area contributed by atoms with Crippen molar-refractivity contribution < 1.29 is 58.9 Å². The molecular weight excluding hydrogens is 467 g/mol. The molecule has 0 aliphatic heterocycles. The van der Waals surface area contributed by atoms with E-state index in [-0.39, 0.29) is 70.3 Å². The molecule has 0 bridgehead atoms. The van der Waals surface area contributed by atoms with Crippen molar-refractivity contribution in [2.24, 2.45) is 5.41 Å². The molecule has 0 aromatic heterocycles. The number of rotatable bonds is 3. The van der Waals surface area contributed by atoms with Crippen molar-refractivity contribution in [2.75, 3.05) is 0 Å². The summed E-state index contributed by atoms with van der Waals surface area (Å²) in [5.41, 5.74) is 12.1. The zero-order valence-corrected chi connectivity index (χ0v) is 23.0. The summed E-state index contributed by atoms with van der Waals surface area (Å²) in [6.45, 7) is 17.9. The third-order valence-electron chi connectivity index (χ3n) is 6.08. The van der Waals surface area contributed by atoms with Crippen LogP contribution in [0.5, 0.6) is 0 Å². The van der Waals surface area contributed by atoms with Gasteiger partial charge in [0.05, 0.1) is 0 Å². The first-order chi connectivity index (χ1) is 12.1. The summed E-state index contributed by atoms with van der Waals surface area (Å²) in [5.74, 6) is 0.270. The third-order valence-corrected chi connectivity index (χ3v) is 6.08. The molecule has 0 fully saturated rings. The summed E-state index contributed by atoms with van der Waals surface area (Å²) in [6, 6.07) is 14.0.